The van der Waals surface area contributed by atoms with Gasteiger partial charge >= 0.3 is 0 Å². The van der Waals surface area contributed by atoms with E-state index in [-0.39, 0.29) is 0 Å². The van der Waals surface area contributed by atoms with Crippen molar-refractivity contribution in [1.29, 1.82) is 0 Å². The Morgan fingerprint density at radius 1 is 1.46 bits per heavy atom. The van der Waals surface area contributed by atoms with E-state index in [1.807, 2.05) is 6.20 Å². The van der Waals surface area contributed by atoms with Crippen LogP contribution in [0.5, 0.6) is 0 Å². The Morgan fingerprint density at radius 3 is 3.08 bits per heavy atom. The van der Waals surface area contributed by atoms with Gasteiger partial charge < -0.3 is 4.57 Å². The fraction of sp³-hybridized carbons (Fsp3) is 0.364. The van der Waals surface area contributed by atoms with Crippen molar-refractivity contribution in [3.05, 3.63) is 30.1 Å². The maximum Gasteiger partial charge on any atom is 0.139 e. The predicted molar refractivity (Wildman–Crippen MR) is 54.8 cm³/mol. The SMILES string of the molecule is CCCn1ccc2cc(C)cnc21. The van der Waals surface area contributed by atoms with Crippen LogP contribution in [0, 0.1) is 6.92 Å². The predicted octanol–water partition coefficient (Wildman–Crippen LogP) is 2.75. The van der Waals surface area contributed by atoms with Crippen LogP contribution in [0.2, 0.25) is 0 Å². The van der Waals surface area contributed by atoms with E-state index in [9.17, 15) is 0 Å². The summed E-state index contributed by atoms with van der Waals surface area (Å²) in [5, 5.41) is 1.24. The molecule has 2 rings (SSSR count). The summed E-state index contributed by atoms with van der Waals surface area (Å²) in [6.45, 7) is 5.31. The molecular weight excluding hydrogens is 160 g/mol. The van der Waals surface area contributed by atoms with Crippen LogP contribution in [0.4, 0.5) is 0 Å². The molecule has 0 atom stereocenters. The van der Waals surface area contributed by atoms with E-state index in [2.05, 4.69) is 41.7 Å². The molecule has 0 spiro atoms. The first kappa shape index (κ1) is 8.30. The lowest BCUT2D eigenvalue weighted by atomic mass is 10.2. The molecule has 68 valence electrons. The second-order valence-electron chi connectivity index (χ2n) is 3.43. The van der Waals surface area contributed by atoms with Gasteiger partial charge in [-0.25, -0.2) is 4.98 Å². The van der Waals surface area contributed by atoms with Crippen molar-refractivity contribution < 1.29 is 0 Å². The molecule has 0 radical (unpaired) electrons. The van der Waals surface area contributed by atoms with Crippen LogP contribution in [0.15, 0.2) is 24.5 Å². The van der Waals surface area contributed by atoms with Crippen LogP contribution >= 0.6 is 0 Å². The van der Waals surface area contributed by atoms with Crippen LogP contribution in [0.3, 0.4) is 0 Å². The minimum absolute atomic E-state index is 1.06. The summed E-state index contributed by atoms with van der Waals surface area (Å²) in [7, 11) is 0. The van der Waals surface area contributed by atoms with Crippen LogP contribution in [0.25, 0.3) is 11.0 Å². The number of hydrogen-bond acceptors (Lipinski definition) is 1. The van der Waals surface area contributed by atoms with E-state index < -0.39 is 0 Å². The number of pyridine rings is 1. The summed E-state index contributed by atoms with van der Waals surface area (Å²) in [4.78, 5) is 4.42. The Hall–Kier alpha value is -1.31. The fourth-order valence-corrected chi connectivity index (χ4v) is 1.61. The first-order valence-corrected chi connectivity index (χ1v) is 4.72. The number of hydrogen-bond donors (Lipinski definition) is 0. The lowest BCUT2D eigenvalue weighted by molar-refractivity contribution is 0.697. The summed E-state index contributed by atoms with van der Waals surface area (Å²) < 4.78 is 2.20. The monoisotopic (exact) mass is 174 g/mol. The maximum absolute atomic E-state index is 4.42. The van der Waals surface area contributed by atoms with Gasteiger partial charge in [0.2, 0.25) is 0 Å². The fourth-order valence-electron chi connectivity index (χ4n) is 1.61. The standard InChI is InChI=1S/C11H14N2/c1-3-5-13-6-4-10-7-9(2)8-12-11(10)13/h4,6-8H,3,5H2,1-2H3. The molecule has 0 aliphatic heterocycles. The summed E-state index contributed by atoms with van der Waals surface area (Å²) in [6, 6.07) is 4.31. The van der Waals surface area contributed by atoms with Gasteiger partial charge in [0.1, 0.15) is 5.65 Å². The van der Waals surface area contributed by atoms with Crippen LogP contribution < -0.4 is 0 Å². The molecule has 2 heterocycles. The highest BCUT2D eigenvalue weighted by atomic mass is 15.0. The van der Waals surface area contributed by atoms with Gasteiger partial charge in [0.05, 0.1) is 0 Å². The van der Waals surface area contributed by atoms with E-state index in [0.717, 1.165) is 18.6 Å². The van der Waals surface area contributed by atoms with Crippen LogP contribution in [-0.4, -0.2) is 9.55 Å². The zero-order valence-electron chi connectivity index (χ0n) is 8.12. The first-order chi connectivity index (χ1) is 6.31. The minimum atomic E-state index is 1.06. The molecule has 13 heavy (non-hydrogen) atoms. The largest absolute Gasteiger partial charge is 0.333 e. The smallest absolute Gasteiger partial charge is 0.139 e. The lowest BCUT2D eigenvalue weighted by Gasteiger charge is -2.01. The average molecular weight is 174 g/mol. The van der Waals surface area contributed by atoms with Gasteiger partial charge in [-0.3, -0.25) is 0 Å². The van der Waals surface area contributed by atoms with E-state index in [1.165, 1.54) is 10.9 Å². The molecule has 0 aromatic carbocycles. The molecule has 0 N–H and O–H groups in total. The Balaban J connectivity index is 2.55. The highest BCUT2D eigenvalue weighted by Gasteiger charge is 2.00. The third-order valence-corrected chi connectivity index (χ3v) is 2.20. The molecule has 0 saturated carbocycles. The molecule has 2 nitrogen and oxygen atoms in total. The number of aromatic nitrogens is 2. The van der Waals surface area contributed by atoms with Crippen LogP contribution in [-0.2, 0) is 6.54 Å². The molecule has 0 saturated heterocycles. The van der Waals surface area contributed by atoms with Gasteiger partial charge in [-0.15, -0.1) is 0 Å². The second kappa shape index (κ2) is 3.21. The van der Waals surface area contributed by atoms with Crippen molar-refractivity contribution in [1.82, 2.24) is 9.55 Å². The molecule has 0 aliphatic carbocycles. The van der Waals surface area contributed by atoms with Crippen LogP contribution in [0.1, 0.15) is 18.9 Å². The van der Waals surface area contributed by atoms with Crippen molar-refractivity contribution in [2.45, 2.75) is 26.8 Å². The van der Waals surface area contributed by atoms with Gasteiger partial charge in [-0.05, 0) is 31.0 Å². The van der Waals surface area contributed by atoms with Gasteiger partial charge in [0.25, 0.3) is 0 Å². The Kier molecular flexibility index (Phi) is 2.05. The quantitative estimate of drug-likeness (QED) is 0.684. The van der Waals surface area contributed by atoms with Gasteiger partial charge in [0.15, 0.2) is 0 Å². The molecule has 0 aliphatic rings. The van der Waals surface area contributed by atoms with E-state index in [0.29, 0.717) is 0 Å². The zero-order valence-corrected chi connectivity index (χ0v) is 8.12. The summed E-state index contributed by atoms with van der Waals surface area (Å²) in [6.07, 6.45) is 5.19. The molecular formula is C11H14N2. The Bertz CT molecular complexity index is 415. The Labute approximate surface area is 78.2 Å². The number of nitrogens with zero attached hydrogens (tertiary/aromatic N) is 2. The molecule has 0 unspecified atom stereocenters. The molecule has 0 fully saturated rings. The normalized spacial score (nSPS) is 10.9. The highest BCUT2D eigenvalue weighted by Crippen LogP contribution is 2.14. The van der Waals surface area contributed by atoms with Gasteiger partial charge in [-0.1, -0.05) is 6.92 Å². The average Bonchev–Trinajstić information content (AvgIpc) is 2.49. The van der Waals surface area contributed by atoms with E-state index in [1.54, 1.807) is 0 Å². The summed E-state index contributed by atoms with van der Waals surface area (Å²) >= 11 is 0. The zero-order chi connectivity index (χ0) is 9.26. The molecule has 2 heteroatoms. The first-order valence-electron chi connectivity index (χ1n) is 4.72. The third kappa shape index (κ3) is 1.44. The van der Waals surface area contributed by atoms with Crippen molar-refractivity contribution in [2.24, 2.45) is 0 Å². The van der Waals surface area contributed by atoms with Crippen molar-refractivity contribution in [2.75, 3.05) is 0 Å². The summed E-state index contributed by atoms with van der Waals surface area (Å²) in [5.74, 6) is 0. The van der Waals surface area contributed by atoms with E-state index in [4.69, 9.17) is 0 Å². The number of aryl methyl sites for hydroxylation is 2. The molecule has 0 bridgehead atoms. The van der Waals surface area contributed by atoms with Crippen molar-refractivity contribution in [3.63, 3.8) is 0 Å². The van der Waals surface area contributed by atoms with Gasteiger partial charge in [0, 0.05) is 24.3 Å². The molecule has 2 aromatic rings. The van der Waals surface area contributed by atoms with Crippen molar-refractivity contribution in [3.8, 4) is 0 Å². The van der Waals surface area contributed by atoms with Crippen molar-refractivity contribution >= 4 is 11.0 Å². The molecule has 2 aromatic heterocycles. The topological polar surface area (TPSA) is 17.8 Å². The second-order valence-corrected chi connectivity index (χ2v) is 3.43. The lowest BCUT2D eigenvalue weighted by Crippen LogP contribution is -1.95. The minimum Gasteiger partial charge on any atom is -0.333 e. The number of rotatable bonds is 2. The maximum atomic E-state index is 4.42. The van der Waals surface area contributed by atoms with E-state index >= 15 is 0 Å². The number of fused-ring (bicyclic) bond motifs is 1. The molecule has 0 amide bonds. The van der Waals surface area contributed by atoms with Gasteiger partial charge in [-0.2, -0.15) is 0 Å². The Morgan fingerprint density at radius 2 is 2.31 bits per heavy atom. The highest BCUT2D eigenvalue weighted by molar-refractivity contribution is 5.76. The third-order valence-electron chi connectivity index (χ3n) is 2.20. The summed E-state index contributed by atoms with van der Waals surface area (Å²) in [5.41, 5.74) is 2.33.